The minimum absolute atomic E-state index is 0.0856. The van der Waals surface area contributed by atoms with E-state index in [2.05, 4.69) is 52.1 Å². The summed E-state index contributed by atoms with van der Waals surface area (Å²) in [5, 5.41) is 10.1. The van der Waals surface area contributed by atoms with Crippen molar-refractivity contribution < 1.29 is 0 Å². The summed E-state index contributed by atoms with van der Waals surface area (Å²) in [6, 6.07) is 4.15. The molecule has 1 aromatic rings. The van der Waals surface area contributed by atoms with Crippen molar-refractivity contribution in [1.82, 2.24) is 0 Å². The first-order valence-electron chi connectivity index (χ1n) is 6.24. The largest absolute Gasteiger partial charge is 0.370 e. The van der Waals surface area contributed by atoms with E-state index >= 15 is 0 Å². The monoisotopic (exact) mass is 354 g/mol. The number of nitrogens with two attached hydrogens (primary N) is 2. The Labute approximate surface area is 131 Å². The molecule has 5 N–H and O–H groups in total. The van der Waals surface area contributed by atoms with Crippen molar-refractivity contribution in [2.45, 2.75) is 26.0 Å². The first kappa shape index (κ1) is 16.8. The quantitative estimate of drug-likeness (QED) is 0.571. The molecule has 1 rings (SSSR count). The van der Waals surface area contributed by atoms with E-state index in [-0.39, 0.29) is 11.1 Å². The van der Waals surface area contributed by atoms with Crippen molar-refractivity contribution in [1.29, 1.82) is 5.41 Å². The van der Waals surface area contributed by atoms with Gasteiger partial charge in [0.15, 0.2) is 11.1 Å². The summed E-state index contributed by atoms with van der Waals surface area (Å²) in [6.45, 7) is 4.14. The van der Waals surface area contributed by atoms with Gasteiger partial charge in [-0.1, -0.05) is 43.0 Å². The second kappa shape index (κ2) is 8.11. The Morgan fingerprint density at radius 1 is 1.45 bits per heavy atom. The summed E-state index contributed by atoms with van der Waals surface area (Å²) in [7, 11) is 0. The van der Waals surface area contributed by atoms with E-state index in [0.29, 0.717) is 5.75 Å². The van der Waals surface area contributed by atoms with Crippen LogP contribution in [-0.2, 0) is 5.75 Å². The number of amidine groups is 1. The zero-order valence-corrected chi connectivity index (χ0v) is 14.0. The van der Waals surface area contributed by atoms with E-state index in [1.54, 1.807) is 0 Å². The molecule has 6 heteroatoms. The molecule has 0 aromatic heterocycles. The van der Waals surface area contributed by atoms with E-state index in [0.717, 1.165) is 16.5 Å². The van der Waals surface area contributed by atoms with Gasteiger partial charge in [-0.2, -0.15) is 4.99 Å². The average Bonchev–Trinajstić information content (AvgIpc) is 2.39. The van der Waals surface area contributed by atoms with Crippen LogP contribution in [0, 0.1) is 5.41 Å². The van der Waals surface area contributed by atoms with Gasteiger partial charge in [-0.05, 0) is 45.3 Å². The Morgan fingerprint density at radius 3 is 2.70 bits per heavy atom. The molecule has 0 atom stereocenters. The topological polar surface area (TPSA) is 88.2 Å². The van der Waals surface area contributed by atoms with Gasteiger partial charge in [-0.3, -0.25) is 5.41 Å². The van der Waals surface area contributed by atoms with E-state index < -0.39 is 0 Å². The highest BCUT2D eigenvalue weighted by molar-refractivity contribution is 9.10. The standard InChI is InChI=1S/C14H19BrN4S/c1-3-5-11-9(4-2)6-7-10(12(11)15)8-20-14(18)19-13(16)17/h4-7H,3,8H2,1-2H3,(H5,16,17,18,19)/b9-4-,11-5+. The molecule has 0 bridgehead atoms. The number of rotatable bonds is 3. The number of aliphatic imine (C=N–C) groups is 1. The molecule has 0 saturated carbocycles. The highest BCUT2D eigenvalue weighted by Gasteiger charge is 2.04. The molecule has 1 aromatic carbocycles. The Morgan fingerprint density at radius 2 is 2.15 bits per heavy atom. The minimum Gasteiger partial charge on any atom is -0.370 e. The lowest BCUT2D eigenvalue weighted by Crippen LogP contribution is -2.26. The van der Waals surface area contributed by atoms with Crippen molar-refractivity contribution in [2.75, 3.05) is 0 Å². The van der Waals surface area contributed by atoms with E-state index in [9.17, 15) is 0 Å². The average molecular weight is 355 g/mol. The number of hydrogen-bond donors (Lipinski definition) is 3. The van der Waals surface area contributed by atoms with Crippen molar-refractivity contribution in [3.05, 3.63) is 32.6 Å². The number of thioether (sulfide) groups is 1. The molecule has 4 nitrogen and oxygen atoms in total. The summed E-state index contributed by atoms with van der Waals surface area (Å²) in [6.07, 6.45) is 5.25. The molecular formula is C14H19BrN4S. The molecular weight excluding hydrogens is 336 g/mol. The molecule has 0 heterocycles. The van der Waals surface area contributed by atoms with Crippen LogP contribution in [0.4, 0.5) is 0 Å². The fourth-order valence-corrected chi connectivity index (χ4v) is 3.27. The Balaban J connectivity index is 3.05. The van der Waals surface area contributed by atoms with Gasteiger partial charge >= 0.3 is 0 Å². The molecule has 0 aliphatic carbocycles. The summed E-state index contributed by atoms with van der Waals surface area (Å²) in [5.41, 5.74) is 11.6. The number of nitrogens with one attached hydrogen (secondary N) is 1. The lowest BCUT2D eigenvalue weighted by molar-refractivity contribution is 1.25. The molecule has 20 heavy (non-hydrogen) atoms. The fourth-order valence-electron chi connectivity index (χ4n) is 1.72. The summed E-state index contributed by atoms with van der Waals surface area (Å²) in [5.74, 6) is 0.558. The summed E-state index contributed by atoms with van der Waals surface area (Å²) < 4.78 is 1.07. The van der Waals surface area contributed by atoms with Gasteiger partial charge in [0.2, 0.25) is 0 Å². The molecule has 0 aliphatic heterocycles. The third kappa shape index (κ3) is 4.68. The summed E-state index contributed by atoms with van der Waals surface area (Å²) in [4.78, 5) is 3.70. The van der Waals surface area contributed by atoms with Gasteiger partial charge in [-0.15, -0.1) is 0 Å². The van der Waals surface area contributed by atoms with E-state index in [1.807, 2.05) is 6.92 Å². The molecule has 0 unspecified atom stereocenters. The first-order valence-corrected chi connectivity index (χ1v) is 8.02. The SMILES string of the molecule is C/C=c1/ccc(CSC(=N)N=C(N)N)c(Br)/c1=C/CC. The van der Waals surface area contributed by atoms with Gasteiger partial charge in [0.05, 0.1) is 0 Å². The third-order valence-corrected chi connectivity index (χ3v) is 4.36. The number of guanidine groups is 1. The Kier molecular flexibility index (Phi) is 6.81. The lowest BCUT2D eigenvalue weighted by Gasteiger charge is -2.05. The van der Waals surface area contributed by atoms with Gasteiger partial charge in [0, 0.05) is 10.2 Å². The minimum atomic E-state index is -0.0856. The molecule has 0 fully saturated rings. The third-order valence-electron chi connectivity index (χ3n) is 2.61. The van der Waals surface area contributed by atoms with Crippen molar-refractivity contribution in [2.24, 2.45) is 16.5 Å². The van der Waals surface area contributed by atoms with Crippen LogP contribution in [0.5, 0.6) is 0 Å². The van der Waals surface area contributed by atoms with Crippen LogP contribution in [0.2, 0.25) is 0 Å². The Bertz CT molecular complexity index is 633. The van der Waals surface area contributed by atoms with Crippen molar-refractivity contribution >= 4 is 51.0 Å². The smallest absolute Gasteiger partial charge is 0.193 e. The van der Waals surface area contributed by atoms with Gasteiger partial charge in [0.25, 0.3) is 0 Å². The second-order valence-corrected chi connectivity index (χ2v) is 5.83. The van der Waals surface area contributed by atoms with Crippen molar-refractivity contribution in [3.63, 3.8) is 0 Å². The number of halogens is 1. The van der Waals surface area contributed by atoms with Crippen LogP contribution in [0.1, 0.15) is 25.8 Å². The maximum atomic E-state index is 7.64. The first-order chi connectivity index (χ1) is 9.49. The van der Waals surface area contributed by atoms with Crippen LogP contribution in [0.3, 0.4) is 0 Å². The second-order valence-electron chi connectivity index (χ2n) is 4.07. The molecule has 0 amide bonds. The summed E-state index contributed by atoms with van der Waals surface area (Å²) >= 11 is 4.95. The van der Waals surface area contributed by atoms with Crippen molar-refractivity contribution in [3.8, 4) is 0 Å². The fraction of sp³-hybridized carbons (Fsp3) is 0.286. The maximum absolute atomic E-state index is 7.64. The van der Waals surface area contributed by atoms with Gasteiger partial charge < -0.3 is 11.5 Å². The number of benzene rings is 1. The highest BCUT2D eigenvalue weighted by atomic mass is 79.9. The van der Waals surface area contributed by atoms with Crippen LogP contribution in [0.25, 0.3) is 12.2 Å². The molecule has 0 radical (unpaired) electrons. The predicted octanol–water partition coefficient (Wildman–Crippen LogP) is 1.88. The zero-order valence-electron chi connectivity index (χ0n) is 11.6. The predicted molar refractivity (Wildman–Crippen MR) is 93.1 cm³/mol. The molecule has 0 saturated heterocycles. The Hall–Kier alpha value is -1.27. The maximum Gasteiger partial charge on any atom is 0.193 e. The highest BCUT2D eigenvalue weighted by Crippen LogP contribution is 2.18. The zero-order chi connectivity index (χ0) is 15.1. The van der Waals surface area contributed by atoms with Gasteiger partial charge in [0.1, 0.15) is 0 Å². The van der Waals surface area contributed by atoms with Crippen LogP contribution in [-0.4, -0.2) is 11.1 Å². The number of nitrogens with zero attached hydrogens (tertiary/aromatic N) is 1. The van der Waals surface area contributed by atoms with Gasteiger partial charge in [-0.25, -0.2) is 0 Å². The molecule has 0 spiro atoms. The van der Waals surface area contributed by atoms with E-state index in [1.165, 1.54) is 22.2 Å². The molecule has 0 aliphatic rings. The van der Waals surface area contributed by atoms with Crippen LogP contribution < -0.4 is 21.9 Å². The van der Waals surface area contributed by atoms with Crippen LogP contribution in [0.15, 0.2) is 21.6 Å². The van der Waals surface area contributed by atoms with Crippen LogP contribution >= 0.6 is 27.7 Å². The molecule has 108 valence electrons. The lowest BCUT2D eigenvalue weighted by atomic mass is 10.1. The number of hydrogen-bond acceptors (Lipinski definition) is 2. The van der Waals surface area contributed by atoms with E-state index in [4.69, 9.17) is 16.9 Å². The normalized spacial score (nSPS) is 12.6.